The lowest BCUT2D eigenvalue weighted by molar-refractivity contribution is -0.129. The van der Waals surface area contributed by atoms with E-state index < -0.39 is 12.1 Å². The Bertz CT molecular complexity index is 814. The number of hydrogen-bond donors (Lipinski definition) is 2. The van der Waals surface area contributed by atoms with Crippen LogP contribution < -0.4 is 10.6 Å². The van der Waals surface area contributed by atoms with E-state index in [9.17, 15) is 14.4 Å². The van der Waals surface area contributed by atoms with Crippen molar-refractivity contribution in [3.05, 3.63) is 51.9 Å². The van der Waals surface area contributed by atoms with Gasteiger partial charge in [-0.2, -0.15) is 0 Å². The van der Waals surface area contributed by atoms with Gasteiger partial charge in [0.1, 0.15) is 5.00 Å². The van der Waals surface area contributed by atoms with Crippen LogP contribution in [0.5, 0.6) is 0 Å². The molecule has 2 N–H and O–H groups in total. The molecular formula is C19H22N2O4S. The van der Waals surface area contributed by atoms with E-state index in [-0.39, 0.29) is 11.8 Å². The van der Waals surface area contributed by atoms with Crippen LogP contribution in [0.1, 0.15) is 40.2 Å². The second-order valence-electron chi connectivity index (χ2n) is 5.92. The third-order valence-electron chi connectivity index (χ3n) is 3.84. The Morgan fingerprint density at radius 3 is 2.42 bits per heavy atom. The van der Waals surface area contributed by atoms with E-state index in [0.717, 1.165) is 16.0 Å². The minimum atomic E-state index is -0.948. The van der Waals surface area contributed by atoms with Crippen molar-refractivity contribution in [2.75, 3.05) is 5.32 Å². The summed E-state index contributed by atoms with van der Waals surface area (Å²) < 4.78 is 5.31. The molecule has 7 heteroatoms. The number of rotatable bonds is 6. The molecule has 0 fully saturated rings. The highest BCUT2D eigenvalue weighted by molar-refractivity contribution is 7.16. The minimum Gasteiger partial charge on any atom is -0.449 e. The van der Waals surface area contributed by atoms with Crippen molar-refractivity contribution in [2.24, 2.45) is 0 Å². The van der Waals surface area contributed by atoms with Gasteiger partial charge in [-0.25, -0.2) is 4.79 Å². The molecule has 0 radical (unpaired) electrons. The molecular weight excluding hydrogens is 352 g/mol. The van der Waals surface area contributed by atoms with Crippen molar-refractivity contribution < 1.29 is 19.1 Å². The predicted octanol–water partition coefficient (Wildman–Crippen LogP) is 3.19. The van der Waals surface area contributed by atoms with E-state index in [1.807, 2.05) is 37.3 Å². The molecule has 1 aromatic carbocycles. The van der Waals surface area contributed by atoms with Gasteiger partial charge in [0.15, 0.2) is 6.10 Å². The monoisotopic (exact) mass is 374 g/mol. The number of anilines is 1. The largest absolute Gasteiger partial charge is 0.449 e. The van der Waals surface area contributed by atoms with E-state index >= 15 is 0 Å². The van der Waals surface area contributed by atoms with Gasteiger partial charge >= 0.3 is 5.97 Å². The molecule has 1 atom stereocenters. The summed E-state index contributed by atoms with van der Waals surface area (Å²) in [5.41, 5.74) is 1.99. The minimum absolute atomic E-state index is 0.269. The fourth-order valence-corrected chi connectivity index (χ4v) is 3.42. The van der Waals surface area contributed by atoms with Crippen LogP contribution in [0, 0.1) is 13.8 Å². The smallest absolute Gasteiger partial charge is 0.342 e. The highest BCUT2D eigenvalue weighted by Gasteiger charge is 2.25. The van der Waals surface area contributed by atoms with E-state index in [2.05, 4.69) is 10.6 Å². The van der Waals surface area contributed by atoms with Crippen LogP contribution in [0.2, 0.25) is 0 Å². The average Bonchev–Trinajstić information content (AvgIpc) is 2.86. The molecule has 26 heavy (non-hydrogen) atoms. The zero-order chi connectivity index (χ0) is 19.3. The van der Waals surface area contributed by atoms with Crippen LogP contribution in [0.3, 0.4) is 0 Å². The van der Waals surface area contributed by atoms with Crippen LogP contribution >= 0.6 is 11.3 Å². The van der Waals surface area contributed by atoms with Crippen molar-refractivity contribution in [2.45, 2.75) is 40.3 Å². The van der Waals surface area contributed by atoms with Gasteiger partial charge in [0.2, 0.25) is 5.91 Å². The molecule has 0 saturated heterocycles. The Hall–Kier alpha value is -2.67. The van der Waals surface area contributed by atoms with Gasteiger partial charge in [0, 0.05) is 18.3 Å². The summed E-state index contributed by atoms with van der Waals surface area (Å²) in [5, 5.41) is 5.82. The van der Waals surface area contributed by atoms with E-state index in [1.165, 1.54) is 25.2 Å². The summed E-state index contributed by atoms with van der Waals surface area (Å²) in [6.45, 7) is 6.89. The van der Waals surface area contributed by atoms with Crippen LogP contribution in [0.25, 0.3) is 0 Å². The number of carbonyl (C=O) groups is 3. The predicted molar refractivity (Wildman–Crippen MR) is 101 cm³/mol. The van der Waals surface area contributed by atoms with E-state index in [4.69, 9.17) is 4.74 Å². The Kier molecular flexibility index (Phi) is 6.52. The number of carbonyl (C=O) groups excluding carboxylic acids is 3. The van der Waals surface area contributed by atoms with Gasteiger partial charge in [0.05, 0.1) is 5.56 Å². The molecule has 2 rings (SSSR count). The van der Waals surface area contributed by atoms with Crippen LogP contribution in [-0.2, 0) is 20.9 Å². The zero-order valence-electron chi connectivity index (χ0n) is 15.2. The molecule has 6 nitrogen and oxygen atoms in total. The van der Waals surface area contributed by atoms with Crippen LogP contribution in [-0.4, -0.2) is 23.9 Å². The maximum Gasteiger partial charge on any atom is 0.342 e. The fraction of sp³-hybridized carbons (Fsp3) is 0.316. The molecule has 0 aliphatic rings. The first-order valence-electron chi connectivity index (χ1n) is 8.19. The van der Waals surface area contributed by atoms with Gasteiger partial charge < -0.3 is 15.4 Å². The van der Waals surface area contributed by atoms with Gasteiger partial charge in [-0.1, -0.05) is 30.3 Å². The van der Waals surface area contributed by atoms with Crippen molar-refractivity contribution >= 4 is 34.1 Å². The lowest BCUT2D eigenvalue weighted by Crippen LogP contribution is -2.35. The van der Waals surface area contributed by atoms with Crippen molar-refractivity contribution in [1.82, 2.24) is 5.32 Å². The summed E-state index contributed by atoms with van der Waals surface area (Å²) in [6.07, 6.45) is -0.948. The quantitative estimate of drug-likeness (QED) is 0.761. The Labute approximate surface area is 156 Å². The first-order chi connectivity index (χ1) is 12.3. The summed E-state index contributed by atoms with van der Waals surface area (Å²) in [5.74, 6) is -1.28. The molecule has 138 valence electrons. The Morgan fingerprint density at radius 2 is 1.81 bits per heavy atom. The molecule has 2 amide bonds. The van der Waals surface area contributed by atoms with Gasteiger partial charge in [-0.05, 0) is 31.9 Å². The number of benzene rings is 1. The molecule has 0 saturated carbocycles. The zero-order valence-corrected chi connectivity index (χ0v) is 16.0. The van der Waals surface area contributed by atoms with Gasteiger partial charge in [0.25, 0.3) is 5.91 Å². The number of thiophene rings is 1. The maximum absolute atomic E-state index is 12.5. The fourth-order valence-electron chi connectivity index (χ4n) is 2.32. The summed E-state index contributed by atoms with van der Waals surface area (Å²) in [6, 6.07) is 9.46. The van der Waals surface area contributed by atoms with Crippen LogP contribution in [0.4, 0.5) is 5.00 Å². The molecule has 2 aromatic rings. The second-order valence-corrected chi connectivity index (χ2v) is 7.14. The molecule has 0 bridgehead atoms. The number of nitrogens with one attached hydrogen (secondary N) is 2. The average molecular weight is 374 g/mol. The summed E-state index contributed by atoms with van der Waals surface area (Å²) in [7, 11) is 0. The van der Waals surface area contributed by atoms with Crippen molar-refractivity contribution in [3.63, 3.8) is 0 Å². The number of esters is 1. The normalized spacial score (nSPS) is 11.5. The molecule has 1 heterocycles. The van der Waals surface area contributed by atoms with Crippen LogP contribution in [0.15, 0.2) is 30.3 Å². The highest BCUT2D eigenvalue weighted by Crippen LogP contribution is 2.33. The molecule has 0 aliphatic heterocycles. The molecule has 0 unspecified atom stereocenters. The lowest BCUT2D eigenvalue weighted by atomic mass is 10.1. The molecule has 0 spiro atoms. The lowest BCUT2D eigenvalue weighted by Gasteiger charge is -2.14. The third kappa shape index (κ3) is 4.92. The SMILES string of the molecule is CC(=O)Nc1sc(C)c(C)c1C(=O)O[C@@H](C)C(=O)NCc1ccccc1. The highest BCUT2D eigenvalue weighted by atomic mass is 32.1. The molecule has 0 aliphatic carbocycles. The number of aryl methyl sites for hydroxylation is 1. The standard InChI is InChI=1S/C19H22N2O4S/c1-11-13(3)26-18(21-14(4)22)16(11)19(24)25-12(2)17(23)20-10-15-8-6-5-7-9-15/h5-9,12H,10H2,1-4H3,(H,20,23)(H,21,22)/t12-/m0/s1. The molecule has 1 aromatic heterocycles. The number of hydrogen-bond acceptors (Lipinski definition) is 5. The number of amides is 2. The first kappa shape index (κ1) is 19.7. The number of ether oxygens (including phenoxy) is 1. The topological polar surface area (TPSA) is 84.5 Å². The van der Waals surface area contributed by atoms with E-state index in [1.54, 1.807) is 6.92 Å². The van der Waals surface area contributed by atoms with Gasteiger partial charge in [-0.3, -0.25) is 9.59 Å². The Morgan fingerprint density at radius 1 is 1.15 bits per heavy atom. The van der Waals surface area contributed by atoms with Crippen molar-refractivity contribution in [3.8, 4) is 0 Å². The van der Waals surface area contributed by atoms with Gasteiger partial charge in [-0.15, -0.1) is 11.3 Å². The Balaban J connectivity index is 2.02. The third-order valence-corrected chi connectivity index (χ3v) is 4.96. The second kappa shape index (κ2) is 8.62. The maximum atomic E-state index is 12.5. The van der Waals surface area contributed by atoms with Crippen molar-refractivity contribution in [1.29, 1.82) is 0 Å². The first-order valence-corrected chi connectivity index (χ1v) is 9.01. The summed E-state index contributed by atoms with van der Waals surface area (Å²) in [4.78, 5) is 36.9. The summed E-state index contributed by atoms with van der Waals surface area (Å²) >= 11 is 1.31. The van der Waals surface area contributed by atoms with E-state index in [0.29, 0.717) is 17.1 Å².